The lowest BCUT2D eigenvalue weighted by Gasteiger charge is -2.57. The van der Waals surface area contributed by atoms with Crippen molar-refractivity contribution in [3.63, 3.8) is 0 Å². The highest BCUT2D eigenvalue weighted by atomic mass is 16.2. The van der Waals surface area contributed by atoms with E-state index in [9.17, 15) is 4.79 Å². The Bertz CT molecular complexity index is 695. The van der Waals surface area contributed by atoms with E-state index in [1.165, 1.54) is 57.1 Å². The molecule has 5 rings (SSSR count). The molecule has 1 amide bonds. The number of fused-ring (bicyclic) bond motifs is 4. The largest absolute Gasteiger partial charge is 0.337 e. The molecule has 0 N–H and O–H groups in total. The lowest BCUT2D eigenvalue weighted by molar-refractivity contribution is -0.154. The zero-order chi connectivity index (χ0) is 19.1. The molecule has 5 heteroatoms. The van der Waals surface area contributed by atoms with Crippen LogP contribution in [-0.4, -0.2) is 50.4 Å². The zero-order valence-electron chi connectivity index (χ0n) is 17.4. The molecule has 0 radical (unpaired) electrons. The normalized spacial score (nSPS) is 34.5. The van der Waals surface area contributed by atoms with Crippen LogP contribution in [0, 0.1) is 17.8 Å². The fraction of sp³-hybridized carbons (Fsp3) is 0.826. The van der Waals surface area contributed by atoms with Crippen molar-refractivity contribution < 1.29 is 4.79 Å². The molecule has 2 bridgehead atoms. The number of piperidine rings is 3. The Morgan fingerprint density at radius 1 is 1.07 bits per heavy atom. The quantitative estimate of drug-likeness (QED) is 0.797. The molecule has 1 aromatic rings. The summed E-state index contributed by atoms with van der Waals surface area (Å²) in [4.78, 5) is 22.4. The van der Waals surface area contributed by atoms with E-state index in [1.807, 2.05) is 12.5 Å². The Morgan fingerprint density at radius 3 is 2.68 bits per heavy atom. The Labute approximate surface area is 169 Å². The minimum atomic E-state index is 0.465. The second-order valence-corrected chi connectivity index (χ2v) is 10.0. The summed E-state index contributed by atoms with van der Waals surface area (Å²) in [7, 11) is 2.10. The number of imidazole rings is 1. The summed E-state index contributed by atoms with van der Waals surface area (Å²) in [6.07, 6.45) is 16.6. The van der Waals surface area contributed by atoms with Gasteiger partial charge in [-0.2, -0.15) is 0 Å². The third kappa shape index (κ3) is 3.51. The Hall–Kier alpha value is -1.36. The lowest BCUT2D eigenvalue weighted by atomic mass is 9.69. The number of aryl methyl sites for hydroxylation is 1. The molecule has 1 saturated carbocycles. The monoisotopic (exact) mass is 384 g/mol. The molecule has 3 aliphatic heterocycles. The van der Waals surface area contributed by atoms with Crippen LogP contribution in [0.2, 0.25) is 0 Å². The summed E-state index contributed by atoms with van der Waals surface area (Å²) in [6.45, 7) is 3.29. The predicted molar refractivity (Wildman–Crippen MR) is 110 cm³/mol. The van der Waals surface area contributed by atoms with Crippen molar-refractivity contribution in [3.05, 3.63) is 18.2 Å². The first kappa shape index (κ1) is 18.7. The maximum Gasteiger partial charge on any atom is 0.223 e. The van der Waals surface area contributed by atoms with Crippen molar-refractivity contribution in [2.45, 2.75) is 82.8 Å². The van der Waals surface area contributed by atoms with Crippen LogP contribution in [0.4, 0.5) is 0 Å². The van der Waals surface area contributed by atoms with E-state index in [-0.39, 0.29) is 0 Å². The minimum Gasteiger partial charge on any atom is -0.337 e. The van der Waals surface area contributed by atoms with Gasteiger partial charge in [-0.3, -0.25) is 9.69 Å². The maximum absolute atomic E-state index is 13.0. The number of aromatic nitrogens is 2. The summed E-state index contributed by atoms with van der Waals surface area (Å²) in [5.41, 5.74) is 1.31. The highest BCUT2D eigenvalue weighted by Gasteiger charge is 2.49. The Morgan fingerprint density at radius 2 is 1.89 bits per heavy atom. The molecule has 4 aliphatic rings. The molecule has 0 spiro atoms. The standard InChI is InChI=1S/C23H36N4O/c1-25-16-24-12-20(25)15-26-13-18-11-19(14-26)22(10-17-6-3-2-4-7-17)27-21(18)8-5-9-23(27)28/h12,16-19,21-22H,2-11,13-15H2,1H3/t18-,19+,21+,22+/m1/s1. The van der Waals surface area contributed by atoms with Crippen LogP contribution in [-0.2, 0) is 18.4 Å². The molecule has 28 heavy (non-hydrogen) atoms. The van der Waals surface area contributed by atoms with E-state index in [4.69, 9.17) is 0 Å². The van der Waals surface area contributed by atoms with Crippen molar-refractivity contribution in [1.29, 1.82) is 0 Å². The first-order chi connectivity index (χ1) is 13.7. The average Bonchev–Trinajstić information content (AvgIpc) is 3.10. The van der Waals surface area contributed by atoms with Crippen LogP contribution < -0.4 is 0 Å². The van der Waals surface area contributed by atoms with Crippen molar-refractivity contribution in [3.8, 4) is 0 Å². The number of rotatable bonds is 4. The third-order valence-electron chi connectivity index (χ3n) is 8.17. The predicted octanol–water partition coefficient (Wildman–Crippen LogP) is 3.59. The first-order valence-electron chi connectivity index (χ1n) is 11.7. The molecule has 4 atom stereocenters. The van der Waals surface area contributed by atoms with Gasteiger partial charge in [-0.25, -0.2) is 4.98 Å². The van der Waals surface area contributed by atoms with Gasteiger partial charge in [-0.05, 0) is 43.4 Å². The van der Waals surface area contributed by atoms with Crippen molar-refractivity contribution in [2.75, 3.05) is 13.1 Å². The summed E-state index contributed by atoms with van der Waals surface area (Å²) in [5.74, 6) is 2.64. The fourth-order valence-corrected chi connectivity index (χ4v) is 6.84. The van der Waals surface area contributed by atoms with Gasteiger partial charge in [0.05, 0.1) is 12.0 Å². The van der Waals surface area contributed by atoms with Gasteiger partial charge in [0.2, 0.25) is 5.91 Å². The van der Waals surface area contributed by atoms with Gasteiger partial charge in [0.15, 0.2) is 0 Å². The number of nitrogens with zero attached hydrogens (tertiary/aromatic N) is 4. The van der Waals surface area contributed by atoms with Crippen LogP contribution in [0.1, 0.15) is 69.9 Å². The summed E-state index contributed by atoms with van der Waals surface area (Å²) in [5, 5.41) is 0. The summed E-state index contributed by atoms with van der Waals surface area (Å²) >= 11 is 0. The smallest absolute Gasteiger partial charge is 0.223 e. The van der Waals surface area contributed by atoms with Crippen LogP contribution >= 0.6 is 0 Å². The molecule has 1 aromatic heterocycles. The lowest BCUT2D eigenvalue weighted by Crippen LogP contribution is -2.65. The summed E-state index contributed by atoms with van der Waals surface area (Å²) in [6, 6.07) is 0.993. The Kier molecular flexibility index (Phi) is 5.20. The van der Waals surface area contributed by atoms with Gasteiger partial charge in [0, 0.05) is 51.4 Å². The van der Waals surface area contributed by atoms with Gasteiger partial charge in [0.1, 0.15) is 0 Å². The maximum atomic E-state index is 13.0. The average molecular weight is 385 g/mol. The van der Waals surface area contributed by atoms with E-state index >= 15 is 0 Å². The van der Waals surface area contributed by atoms with E-state index in [0.29, 0.717) is 29.8 Å². The molecule has 4 heterocycles. The number of hydrogen-bond acceptors (Lipinski definition) is 3. The zero-order valence-corrected chi connectivity index (χ0v) is 17.4. The first-order valence-corrected chi connectivity index (χ1v) is 11.7. The van der Waals surface area contributed by atoms with Crippen LogP contribution in [0.5, 0.6) is 0 Å². The van der Waals surface area contributed by atoms with Crippen molar-refractivity contribution in [1.82, 2.24) is 19.4 Å². The van der Waals surface area contributed by atoms with E-state index in [2.05, 4.69) is 26.4 Å². The topological polar surface area (TPSA) is 41.4 Å². The minimum absolute atomic E-state index is 0.465. The van der Waals surface area contributed by atoms with Crippen LogP contribution in [0.25, 0.3) is 0 Å². The molecule has 1 aliphatic carbocycles. The molecule has 5 nitrogen and oxygen atoms in total. The molecular weight excluding hydrogens is 348 g/mol. The highest BCUT2D eigenvalue weighted by molar-refractivity contribution is 5.78. The van der Waals surface area contributed by atoms with Crippen LogP contribution in [0.3, 0.4) is 0 Å². The fourth-order valence-electron chi connectivity index (χ4n) is 6.84. The van der Waals surface area contributed by atoms with Gasteiger partial charge < -0.3 is 9.47 Å². The van der Waals surface area contributed by atoms with Gasteiger partial charge in [-0.1, -0.05) is 32.1 Å². The number of likely N-dealkylation sites (tertiary alicyclic amines) is 1. The molecule has 3 saturated heterocycles. The molecular formula is C23H36N4O. The van der Waals surface area contributed by atoms with E-state index < -0.39 is 0 Å². The number of carbonyl (C=O) groups is 1. The number of hydrogen-bond donors (Lipinski definition) is 0. The van der Waals surface area contributed by atoms with Crippen LogP contribution in [0.15, 0.2) is 12.5 Å². The van der Waals surface area contributed by atoms with E-state index in [1.54, 1.807) is 0 Å². The highest BCUT2D eigenvalue weighted by Crippen LogP contribution is 2.44. The SMILES string of the molecule is Cn1cncc1CN1C[C@H]2C[C@@H](C1)[C@H](CC1CCCCC1)N1C(=O)CCC[C@@H]21. The van der Waals surface area contributed by atoms with Gasteiger partial charge in [0.25, 0.3) is 0 Å². The second kappa shape index (κ2) is 7.81. The number of carbonyl (C=O) groups excluding carboxylic acids is 1. The van der Waals surface area contributed by atoms with Crippen molar-refractivity contribution >= 4 is 5.91 Å². The number of amides is 1. The second-order valence-electron chi connectivity index (χ2n) is 10.0. The van der Waals surface area contributed by atoms with Crippen molar-refractivity contribution in [2.24, 2.45) is 24.8 Å². The molecule has 0 aromatic carbocycles. The molecule has 0 unspecified atom stereocenters. The van der Waals surface area contributed by atoms with Gasteiger partial charge in [-0.15, -0.1) is 0 Å². The van der Waals surface area contributed by atoms with Gasteiger partial charge >= 0.3 is 0 Å². The molecule has 154 valence electrons. The third-order valence-corrected chi connectivity index (χ3v) is 8.17. The Balaban J connectivity index is 1.36. The van der Waals surface area contributed by atoms with E-state index in [0.717, 1.165) is 38.4 Å². The molecule has 4 fully saturated rings. The summed E-state index contributed by atoms with van der Waals surface area (Å²) < 4.78 is 2.15.